The minimum absolute atomic E-state index is 0.0264. The van der Waals surface area contributed by atoms with E-state index in [0.29, 0.717) is 0 Å². The molecule has 0 saturated carbocycles. The van der Waals surface area contributed by atoms with E-state index in [2.05, 4.69) is 5.32 Å². The van der Waals surface area contributed by atoms with Gasteiger partial charge in [-0.3, -0.25) is 14.9 Å². The third-order valence-corrected chi connectivity index (χ3v) is 2.43. The van der Waals surface area contributed by atoms with E-state index in [1.165, 1.54) is 0 Å². The standard InChI is InChI=1S/C10H11ClFN3O3/c1-5(2-10(13)16)14-8-4-7(12)6(11)3-9(8)15(17)18/h3-5,14H,2H2,1H3,(H2,13,16). The zero-order chi connectivity index (χ0) is 13.9. The third kappa shape index (κ3) is 3.56. The van der Waals surface area contributed by atoms with E-state index in [-0.39, 0.29) is 22.8 Å². The quantitative estimate of drug-likeness (QED) is 0.635. The first-order valence-electron chi connectivity index (χ1n) is 4.99. The monoisotopic (exact) mass is 275 g/mol. The lowest BCUT2D eigenvalue weighted by Crippen LogP contribution is -2.24. The van der Waals surface area contributed by atoms with Crippen LogP contribution >= 0.6 is 11.6 Å². The average molecular weight is 276 g/mol. The van der Waals surface area contributed by atoms with Crippen molar-refractivity contribution in [2.75, 3.05) is 5.32 Å². The number of anilines is 1. The van der Waals surface area contributed by atoms with Crippen LogP contribution in [0, 0.1) is 15.9 Å². The maximum Gasteiger partial charge on any atom is 0.294 e. The Bertz CT molecular complexity index is 496. The Morgan fingerprint density at radius 3 is 2.78 bits per heavy atom. The Morgan fingerprint density at radius 1 is 1.67 bits per heavy atom. The fraction of sp³-hybridized carbons (Fsp3) is 0.300. The summed E-state index contributed by atoms with van der Waals surface area (Å²) < 4.78 is 13.2. The molecule has 1 amide bonds. The van der Waals surface area contributed by atoms with Crippen LogP contribution in [0.3, 0.4) is 0 Å². The molecule has 0 bridgehead atoms. The minimum atomic E-state index is -0.781. The summed E-state index contributed by atoms with van der Waals surface area (Å²) in [6.07, 6.45) is -0.0264. The SMILES string of the molecule is CC(CC(N)=O)Nc1cc(F)c(Cl)cc1[N+](=O)[O-]. The summed E-state index contributed by atoms with van der Waals surface area (Å²) in [5.41, 5.74) is 4.58. The maximum absolute atomic E-state index is 13.2. The molecule has 0 heterocycles. The topological polar surface area (TPSA) is 98.3 Å². The lowest BCUT2D eigenvalue weighted by atomic mass is 10.2. The number of nitrogens with two attached hydrogens (primary N) is 1. The summed E-state index contributed by atoms with van der Waals surface area (Å²) in [6.45, 7) is 1.60. The van der Waals surface area contributed by atoms with Gasteiger partial charge in [-0.25, -0.2) is 4.39 Å². The number of halogens is 2. The zero-order valence-electron chi connectivity index (χ0n) is 9.44. The van der Waals surface area contributed by atoms with E-state index in [0.717, 1.165) is 12.1 Å². The molecule has 0 fully saturated rings. The molecule has 0 saturated heterocycles. The number of rotatable bonds is 5. The van der Waals surface area contributed by atoms with E-state index in [1.54, 1.807) is 6.92 Å². The molecule has 1 unspecified atom stereocenters. The van der Waals surface area contributed by atoms with Crippen molar-refractivity contribution in [3.05, 3.63) is 33.1 Å². The van der Waals surface area contributed by atoms with Gasteiger partial charge in [0.05, 0.1) is 9.95 Å². The summed E-state index contributed by atoms with van der Waals surface area (Å²) in [4.78, 5) is 20.8. The van der Waals surface area contributed by atoms with Crippen LogP contribution in [0.5, 0.6) is 0 Å². The van der Waals surface area contributed by atoms with Gasteiger partial charge in [-0.1, -0.05) is 11.6 Å². The van der Waals surface area contributed by atoms with Crippen LogP contribution in [0.4, 0.5) is 15.8 Å². The van der Waals surface area contributed by atoms with Gasteiger partial charge in [-0.15, -0.1) is 0 Å². The van der Waals surface area contributed by atoms with E-state index >= 15 is 0 Å². The summed E-state index contributed by atoms with van der Waals surface area (Å²) in [6, 6.07) is 1.37. The van der Waals surface area contributed by atoms with E-state index < -0.39 is 22.7 Å². The van der Waals surface area contributed by atoms with Gasteiger partial charge in [0.1, 0.15) is 11.5 Å². The number of primary amides is 1. The lowest BCUT2D eigenvalue weighted by molar-refractivity contribution is -0.384. The van der Waals surface area contributed by atoms with E-state index in [9.17, 15) is 19.3 Å². The lowest BCUT2D eigenvalue weighted by Gasteiger charge is -2.13. The molecule has 18 heavy (non-hydrogen) atoms. The summed E-state index contributed by atoms with van der Waals surface area (Å²) in [7, 11) is 0. The van der Waals surface area contributed by atoms with Gasteiger partial charge in [0, 0.05) is 24.6 Å². The van der Waals surface area contributed by atoms with Crippen LogP contribution in [0.1, 0.15) is 13.3 Å². The van der Waals surface area contributed by atoms with Crippen LogP contribution in [0.15, 0.2) is 12.1 Å². The second-order valence-electron chi connectivity index (χ2n) is 3.76. The summed E-state index contributed by atoms with van der Waals surface area (Å²) in [5, 5.41) is 13.1. The minimum Gasteiger partial charge on any atom is -0.376 e. The predicted molar refractivity (Wildman–Crippen MR) is 65.0 cm³/mol. The molecule has 1 atom stereocenters. The molecule has 0 spiro atoms. The number of hydrogen-bond acceptors (Lipinski definition) is 4. The van der Waals surface area contributed by atoms with Crippen LogP contribution in [-0.2, 0) is 4.79 Å². The predicted octanol–water partition coefficient (Wildman–Crippen LogP) is 2.06. The first-order chi connectivity index (χ1) is 8.31. The molecule has 6 nitrogen and oxygen atoms in total. The molecule has 0 aliphatic heterocycles. The van der Waals surface area contributed by atoms with E-state index in [4.69, 9.17) is 17.3 Å². The Labute approximate surface area is 107 Å². The second kappa shape index (κ2) is 5.63. The van der Waals surface area contributed by atoms with Crippen molar-refractivity contribution in [2.45, 2.75) is 19.4 Å². The largest absolute Gasteiger partial charge is 0.376 e. The van der Waals surface area contributed by atoms with Gasteiger partial charge in [0.15, 0.2) is 0 Å². The number of amides is 1. The number of nitro groups is 1. The van der Waals surface area contributed by atoms with Gasteiger partial charge in [0.25, 0.3) is 5.69 Å². The van der Waals surface area contributed by atoms with Crippen molar-refractivity contribution in [3.63, 3.8) is 0 Å². The Kier molecular flexibility index (Phi) is 4.43. The van der Waals surface area contributed by atoms with Crippen LogP contribution in [0.2, 0.25) is 5.02 Å². The number of carbonyl (C=O) groups is 1. The maximum atomic E-state index is 13.2. The highest BCUT2D eigenvalue weighted by Gasteiger charge is 2.19. The van der Waals surface area contributed by atoms with Crippen molar-refractivity contribution in [2.24, 2.45) is 5.73 Å². The van der Waals surface area contributed by atoms with Gasteiger partial charge in [-0.2, -0.15) is 0 Å². The average Bonchev–Trinajstić information content (AvgIpc) is 2.21. The van der Waals surface area contributed by atoms with E-state index in [1.807, 2.05) is 0 Å². The summed E-state index contributed by atoms with van der Waals surface area (Å²) >= 11 is 5.47. The van der Waals surface area contributed by atoms with Crippen molar-refractivity contribution in [3.8, 4) is 0 Å². The number of benzene rings is 1. The number of nitrogens with zero attached hydrogens (tertiary/aromatic N) is 1. The second-order valence-corrected chi connectivity index (χ2v) is 4.16. The molecular formula is C10H11ClFN3O3. The first-order valence-corrected chi connectivity index (χ1v) is 5.37. The summed E-state index contributed by atoms with van der Waals surface area (Å²) in [5.74, 6) is -1.34. The van der Waals surface area contributed by atoms with Gasteiger partial charge < -0.3 is 11.1 Å². The smallest absolute Gasteiger partial charge is 0.294 e. The van der Waals surface area contributed by atoms with Gasteiger partial charge in [0.2, 0.25) is 5.91 Å². The molecule has 3 N–H and O–H groups in total. The highest BCUT2D eigenvalue weighted by Crippen LogP contribution is 2.30. The normalized spacial score (nSPS) is 11.9. The molecule has 0 aliphatic carbocycles. The molecule has 0 aliphatic rings. The van der Waals surface area contributed by atoms with Crippen molar-refractivity contribution >= 4 is 28.9 Å². The first kappa shape index (κ1) is 14.2. The molecule has 1 aromatic carbocycles. The van der Waals surface area contributed by atoms with Gasteiger partial charge in [-0.05, 0) is 6.92 Å². The third-order valence-electron chi connectivity index (χ3n) is 2.14. The molecule has 1 aromatic rings. The molecule has 0 aromatic heterocycles. The van der Waals surface area contributed by atoms with Crippen molar-refractivity contribution in [1.29, 1.82) is 0 Å². The van der Waals surface area contributed by atoms with Crippen LogP contribution in [0.25, 0.3) is 0 Å². The molecule has 98 valence electrons. The van der Waals surface area contributed by atoms with Crippen LogP contribution in [-0.4, -0.2) is 16.9 Å². The number of carbonyl (C=O) groups excluding carboxylic acids is 1. The Balaban J connectivity index is 3.03. The number of hydrogen-bond donors (Lipinski definition) is 2. The number of nitro benzene ring substituents is 1. The highest BCUT2D eigenvalue weighted by molar-refractivity contribution is 6.31. The van der Waals surface area contributed by atoms with Gasteiger partial charge >= 0.3 is 0 Å². The van der Waals surface area contributed by atoms with Crippen molar-refractivity contribution < 1.29 is 14.1 Å². The fourth-order valence-electron chi connectivity index (χ4n) is 1.42. The van der Waals surface area contributed by atoms with Crippen LogP contribution < -0.4 is 11.1 Å². The highest BCUT2D eigenvalue weighted by atomic mass is 35.5. The Hall–Kier alpha value is -1.89. The fourth-order valence-corrected chi connectivity index (χ4v) is 1.58. The molecule has 8 heteroatoms. The number of nitrogens with one attached hydrogen (secondary N) is 1. The molecule has 0 radical (unpaired) electrons. The zero-order valence-corrected chi connectivity index (χ0v) is 10.2. The molecular weight excluding hydrogens is 265 g/mol. The van der Waals surface area contributed by atoms with Crippen molar-refractivity contribution in [1.82, 2.24) is 0 Å². The molecule has 1 rings (SSSR count). The Morgan fingerprint density at radius 2 is 2.28 bits per heavy atom.